The van der Waals surface area contributed by atoms with E-state index in [4.69, 9.17) is 4.42 Å². The van der Waals surface area contributed by atoms with Gasteiger partial charge in [-0.25, -0.2) is 0 Å². The number of carbonyl (C=O) groups excluding carboxylic acids is 2. The van der Waals surface area contributed by atoms with Crippen LogP contribution in [0.4, 0.5) is 0 Å². The Morgan fingerprint density at radius 3 is 2.59 bits per heavy atom. The molecule has 0 atom stereocenters. The number of hydrogen-bond acceptors (Lipinski definition) is 3. The Hall–Kier alpha value is -3.86. The number of aryl methyl sites for hydroxylation is 1. The third-order valence-corrected chi connectivity index (χ3v) is 6.36. The van der Waals surface area contributed by atoms with Gasteiger partial charge in [0.2, 0.25) is 0 Å². The Balaban J connectivity index is 1.32. The molecule has 1 saturated carbocycles. The van der Waals surface area contributed by atoms with Gasteiger partial charge in [-0.05, 0) is 61.1 Å². The summed E-state index contributed by atoms with van der Waals surface area (Å²) in [5.74, 6) is 0.395. The minimum atomic E-state index is -0.161. The lowest BCUT2D eigenvalue weighted by Gasteiger charge is -2.24. The third-order valence-electron chi connectivity index (χ3n) is 6.36. The average Bonchev–Trinajstić information content (AvgIpc) is 3.54. The summed E-state index contributed by atoms with van der Waals surface area (Å²) in [5.41, 5.74) is 5.10. The molecule has 5 rings (SSSR count). The summed E-state index contributed by atoms with van der Waals surface area (Å²) in [6.45, 7) is 3.62. The second kappa shape index (κ2) is 9.56. The van der Waals surface area contributed by atoms with Crippen molar-refractivity contribution in [3.05, 3.63) is 95.7 Å². The normalized spacial score (nSPS) is 13.1. The van der Waals surface area contributed by atoms with Crippen LogP contribution in [-0.2, 0) is 0 Å². The average molecular weight is 453 g/mol. The minimum Gasteiger partial charge on any atom is -0.464 e. The predicted octanol–water partition coefficient (Wildman–Crippen LogP) is 5.69. The number of amides is 2. The first-order chi connectivity index (χ1) is 16.6. The largest absolute Gasteiger partial charge is 0.464 e. The predicted molar refractivity (Wildman–Crippen MR) is 134 cm³/mol. The molecule has 34 heavy (non-hydrogen) atoms. The van der Waals surface area contributed by atoms with Gasteiger partial charge in [-0.15, -0.1) is 0 Å². The quantitative estimate of drug-likeness (QED) is 0.374. The lowest BCUT2D eigenvalue weighted by atomic mass is 9.97. The molecule has 4 aromatic rings. The summed E-state index contributed by atoms with van der Waals surface area (Å²) in [5, 5.41) is 3.78. The van der Waals surface area contributed by atoms with Crippen molar-refractivity contribution in [1.82, 2.24) is 10.2 Å². The monoisotopic (exact) mass is 452 g/mol. The molecule has 0 aliphatic heterocycles. The van der Waals surface area contributed by atoms with Crippen LogP contribution in [0.2, 0.25) is 0 Å². The van der Waals surface area contributed by atoms with Gasteiger partial charge in [0.1, 0.15) is 5.58 Å². The fourth-order valence-electron chi connectivity index (χ4n) is 4.38. The van der Waals surface area contributed by atoms with Crippen molar-refractivity contribution in [1.29, 1.82) is 0 Å². The Morgan fingerprint density at radius 2 is 1.76 bits per heavy atom. The zero-order chi connectivity index (χ0) is 23.5. The molecule has 0 bridgehead atoms. The molecule has 1 aromatic heterocycles. The molecular formula is C29H28N2O3. The number of rotatable bonds is 8. The minimum absolute atomic E-state index is 0.00944. The molecule has 2 amide bonds. The summed E-state index contributed by atoms with van der Waals surface area (Å²) < 4.78 is 5.40. The van der Waals surface area contributed by atoms with Crippen LogP contribution in [0, 0.1) is 12.8 Å². The lowest BCUT2D eigenvalue weighted by Crippen LogP contribution is -2.40. The number of carbonyl (C=O) groups is 2. The third kappa shape index (κ3) is 4.74. The maximum absolute atomic E-state index is 13.7. The van der Waals surface area contributed by atoms with Gasteiger partial charge >= 0.3 is 0 Å². The van der Waals surface area contributed by atoms with E-state index in [0.717, 1.165) is 34.9 Å². The molecule has 1 aliphatic carbocycles. The Morgan fingerprint density at radius 1 is 0.971 bits per heavy atom. The Bertz CT molecular complexity index is 1340. The van der Waals surface area contributed by atoms with Gasteiger partial charge in [0, 0.05) is 30.6 Å². The van der Waals surface area contributed by atoms with E-state index in [0.29, 0.717) is 42.3 Å². The highest BCUT2D eigenvalue weighted by Gasteiger charge is 2.28. The highest BCUT2D eigenvalue weighted by molar-refractivity contribution is 6.06. The van der Waals surface area contributed by atoms with Crippen LogP contribution in [0.15, 0.2) is 83.5 Å². The van der Waals surface area contributed by atoms with Crippen LogP contribution in [0.25, 0.3) is 22.1 Å². The molecule has 0 spiro atoms. The van der Waals surface area contributed by atoms with E-state index >= 15 is 0 Å². The first kappa shape index (κ1) is 22.0. The molecule has 1 aliphatic rings. The highest BCUT2D eigenvalue weighted by Crippen LogP contribution is 2.31. The Kier molecular flexibility index (Phi) is 6.17. The van der Waals surface area contributed by atoms with Gasteiger partial charge < -0.3 is 14.6 Å². The standard InChI is InChI=1S/C29H28N2O3/c1-20-6-4-7-22(18-20)23-8-2-3-9-26(23)29(33)31(19-21-12-13-21)16-15-30-28(32)25-10-5-11-27-24(25)14-17-34-27/h2-11,14,17-18,21H,12-13,15-16,19H2,1H3,(H,30,32). The first-order valence-corrected chi connectivity index (χ1v) is 11.8. The van der Waals surface area contributed by atoms with Gasteiger partial charge in [0.25, 0.3) is 11.8 Å². The number of hydrogen-bond donors (Lipinski definition) is 1. The summed E-state index contributed by atoms with van der Waals surface area (Å²) in [4.78, 5) is 28.4. The molecule has 5 nitrogen and oxygen atoms in total. The van der Waals surface area contributed by atoms with Crippen molar-refractivity contribution in [2.75, 3.05) is 19.6 Å². The molecule has 0 saturated heterocycles. The Labute approximate surface area is 199 Å². The maximum Gasteiger partial charge on any atom is 0.254 e. The van der Waals surface area contributed by atoms with Crippen LogP contribution in [0.1, 0.15) is 39.1 Å². The molecule has 1 N–H and O–H groups in total. The zero-order valence-electron chi connectivity index (χ0n) is 19.3. The SMILES string of the molecule is Cc1cccc(-c2ccccc2C(=O)N(CCNC(=O)c2cccc3occc23)CC2CC2)c1. The molecule has 172 valence electrons. The molecule has 1 fully saturated rings. The molecule has 0 unspecified atom stereocenters. The molecule has 0 radical (unpaired) electrons. The van der Waals surface area contributed by atoms with E-state index in [1.165, 1.54) is 0 Å². The van der Waals surface area contributed by atoms with Crippen molar-refractivity contribution in [2.45, 2.75) is 19.8 Å². The highest BCUT2D eigenvalue weighted by atomic mass is 16.3. The second-order valence-electron chi connectivity index (χ2n) is 9.00. The van der Waals surface area contributed by atoms with E-state index in [-0.39, 0.29) is 11.8 Å². The van der Waals surface area contributed by atoms with Gasteiger partial charge in [-0.2, -0.15) is 0 Å². The van der Waals surface area contributed by atoms with Gasteiger partial charge in [-0.3, -0.25) is 9.59 Å². The van der Waals surface area contributed by atoms with E-state index in [1.54, 1.807) is 18.4 Å². The summed E-state index contributed by atoms with van der Waals surface area (Å²) in [6, 6.07) is 23.3. The molecule has 1 heterocycles. The van der Waals surface area contributed by atoms with Crippen molar-refractivity contribution in [3.63, 3.8) is 0 Å². The molecular weight excluding hydrogens is 424 g/mol. The van der Waals surface area contributed by atoms with Crippen LogP contribution >= 0.6 is 0 Å². The van der Waals surface area contributed by atoms with Crippen LogP contribution in [0.3, 0.4) is 0 Å². The van der Waals surface area contributed by atoms with Crippen molar-refractivity contribution in [2.24, 2.45) is 5.92 Å². The maximum atomic E-state index is 13.7. The fraction of sp³-hybridized carbons (Fsp3) is 0.241. The van der Waals surface area contributed by atoms with Crippen molar-refractivity contribution >= 4 is 22.8 Å². The van der Waals surface area contributed by atoms with Crippen LogP contribution in [-0.4, -0.2) is 36.3 Å². The van der Waals surface area contributed by atoms with E-state index in [1.807, 2.05) is 53.4 Å². The van der Waals surface area contributed by atoms with Crippen molar-refractivity contribution < 1.29 is 14.0 Å². The van der Waals surface area contributed by atoms with E-state index < -0.39 is 0 Å². The topological polar surface area (TPSA) is 62.6 Å². The van der Waals surface area contributed by atoms with E-state index in [9.17, 15) is 9.59 Å². The van der Waals surface area contributed by atoms with Gasteiger partial charge in [-0.1, -0.05) is 54.1 Å². The number of furan rings is 1. The fourth-order valence-corrected chi connectivity index (χ4v) is 4.38. The van der Waals surface area contributed by atoms with Crippen molar-refractivity contribution in [3.8, 4) is 11.1 Å². The van der Waals surface area contributed by atoms with Gasteiger partial charge in [0.05, 0.1) is 11.8 Å². The smallest absolute Gasteiger partial charge is 0.254 e. The van der Waals surface area contributed by atoms with E-state index in [2.05, 4.69) is 24.4 Å². The van der Waals surface area contributed by atoms with Crippen LogP contribution in [0.5, 0.6) is 0 Å². The molecule has 3 aromatic carbocycles. The summed E-state index contributed by atoms with van der Waals surface area (Å²) >= 11 is 0. The first-order valence-electron chi connectivity index (χ1n) is 11.8. The molecule has 5 heteroatoms. The number of nitrogens with one attached hydrogen (secondary N) is 1. The number of nitrogens with zero attached hydrogens (tertiary/aromatic N) is 1. The number of benzene rings is 3. The number of fused-ring (bicyclic) bond motifs is 1. The summed E-state index contributed by atoms with van der Waals surface area (Å²) in [7, 11) is 0. The zero-order valence-corrected chi connectivity index (χ0v) is 19.3. The second-order valence-corrected chi connectivity index (χ2v) is 9.00. The lowest BCUT2D eigenvalue weighted by molar-refractivity contribution is 0.0742. The summed E-state index contributed by atoms with van der Waals surface area (Å²) in [6.07, 6.45) is 3.89. The van der Waals surface area contributed by atoms with Crippen LogP contribution < -0.4 is 5.32 Å². The van der Waals surface area contributed by atoms with Gasteiger partial charge in [0.15, 0.2) is 0 Å².